The number of hydrogen-bond acceptors (Lipinski definition) is 3. The Morgan fingerprint density at radius 1 is 1.11 bits per heavy atom. The van der Waals surface area contributed by atoms with E-state index in [1.54, 1.807) is 0 Å². The molecule has 2 rings (SSSR count). The molecule has 0 unspecified atom stereocenters. The summed E-state index contributed by atoms with van der Waals surface area (Å²) in [4.78, 5) is 0. The minimum absolute atomic E-state index is 0.119. The van der Waals surface area contributed by atoms with E-state index in [0.717, 1.165) is 11.1 Å². The smallest absolute Gasteiger partial charge is 0.124 e. The van der Waals surface area contributed by atoms with E-state index in [9.17, 15) is 0 Å². The number of halogens is 1. The third-order valence-corrected chi connectivity index (χ3v) is 3.22. The Morgan fingerprint density at radius 2 is 1.79 bits per heavy atom. The summed E-state index contributed by atoms with van der Waals surface area (Å²) >= 11 is 6.08. The van der Waals surface area contributed by atoms with Gasteiger partial charge in [-0.1, -0.05) is 48.0 Å². The average Bonchev–Trinajstić information content (AvgIpc) is 2.46. The van der Waals surface area contributed by atoms with Crippen molar-refractivity contribution in [2.24, 2.45) is 5.73 Å². The van der Waals surface area contributed by atoms with E-state index in [1.165, 1.54) is 0 Å². The van der Waals surface area contributed by atoms with Gasteiger partial charge in [-0.2, -0.15) is 0 Å². The first-order valence-electron chi connectivity index (χ1n) is 6.04. The lowest BCUT2D eigenvalue weighted by Gasteiger charge is -2.15. The predicted molar refractivity (Wildman–Crippen MR) is 76.2 cm³/mol. The van der Waals surface area contributed by atoms with Crippen molar-refractivity contribution in [3.05, 3.63) is 64.7 Å². The molecule has 0 saturated carbocycles. The highest BCUT2D eigenvalue weighted by atomic mass is 35.5. The second-order valence-electron chi connectivity index (χ2n) is 4.21. The van der Waals surface area contributed by atoms with Crippen LogP contribution >= 0.6 is 11.6 Å². The number of nitrogens with two attached hydrogens (primary N) is 1. The average molecular weight is 278 g/mol. The maximum absolute atomic E-state index is 9.14. The zero-order valence-electron chi connectivity index (χ0n) is 10.4. The Kier molecular flexibility index (Phi) is 4.80. The van der Waals surface area contributed by atoms with E-state index in [0.29, 0.717) is 17.4 Å². The van der Waals surface area contributed by atoms with Crippen molar-refractivity contribution in [2.75, 3.05) is 6.61 Å². The minimum atomic E-state index is -0.442. The summed E-state index contributed by atoms with van der Waals surface area (Å²) in [6.45, 7) is 0.251. The summed E-state index contributed by atoms with van der Waals surface area (Å²) in [7, 11) is 0. The molecule has 0 heterocycles. The Morgan fingerprint density at radius 3 is 2.53 bits per heavy atom. The van der Waals surface area contributed by atoms with Crippen LogP contribution in [0.15, 0.2) is 48.5 Å². The zero-order valence-corrected chi connectivity index (χ0v) is 11.2. The van der Waals surface area contributed by atoms with E-state index in [4.69, 9.17) is 27.2 Å². The monoisotopic (exact) mass is 277 g/mol. The first-order chi connectivity index (χ1) is 9.22. The molecule has 3 N–H and O–H groups in total. The predicted octanol–water partition coefficient (Wildman–Crippen LogP) is 2.91. The Hall–Kier alpha value is -1.55. The molecule has 0 aliphatic heterocycles. The van der Waals surface area contributed by atoms with Crippen LogP contribution in [0.3, 0.4) is 0 Å². The van der Waals surface area contributed by atoms with Crippen molar-refractivity contribution in [1.82, 2.24) is 0 Å². The molecule has 3 nitrogen and oxygen atoms in total. The number of aliphatic hydroxyl groups excluding tert-OH is 1. The van der Waals surface area contributed by atoms with Crippen LogP contribution in [-0.2, 0) is 6.61 Å². The molecule has 0 radical (unpaired) electrons. The van der Waals surface area contributed by atoms with Gasteiger partial charge in [0.1, 0.15) is 12.4 Å². The van der Waals surface area contributed by atoms with E-state index in [1.807, 2.05) is 48.5 Å². The maximum atomic E-state index is 9.14. The van der Waals surface area contributed by atoms with Gasteiger partial charge < -0.3 is 15.6 Å². The number of hydrogen-bond donors (Lipinski definition) is 2. The topological polar surface area (TPSA) is 55.5 Å². The van der Waals surface area contributed by atoms with Crippen LogP contribution in [0.2, 0.25) is 5.02 Å². The van der Waals surface area contributed by atoms with Crippen LogP contribution in [0, 0.1) is 0 Å². The number of aliphatic hydroxyl groups is 1. The fraction of sp³-hybridized carbons (Fsp3) is 0.200. The highest BCUT2D eigenvalue weighted by Gasteiger charge is 2.11. The van der Waals surface area contributed by atoms with Gasteiger partial charge in [-0.05, 0) is 12.1 Å². The molecule has 0 aliphatic rings. The number of para-hydroxylation sites is 1. The van der Waals surface area contributed by atoms with Gasteiger partial charge in [0, 0.05) is 16.1 Å². The van der Waals surface area contributed by atoms with Crippen molar-refractivity contribution in [3.8, 4) is 5.75 Å². The molecule has 19 heavy (non-hydrogen) atoms. The van der Waals surface area contributed by atoms with E-state index in [2.05, 4.69) is 0 Å². The molecule has 0 aromatic heterocycles. The van der Waals surface area contributed by atoms with E-state index < -0.39 is 6.04 Å². The third kappa shape index (κ3) is 3.47. The van der Waals surface area contributed by atoms with Crippen molar-refractivity contribution in [1.29, 1.82) is 0 Å². The summed E-state index contributed by atoms with van der Waals surface area (Å²) in [5.74, 6) is 0.670. The molecule has 4 heteroatoms. The summed E-state index contributed by atoms with van der Waals surface area (Å²) in [5.41, 5.74) is 7.54. The largest absolute Gasteiger partial charge is 0.489 e. The zero-order chi connectivity index (χ0) is 13.7. The standard InChI is InChI=1S/C15H16ClNO2/c16-13-7-3-1-5-11(13)10-19-15-8-4-2-6-12(15)14(17)9-18/h1-8,14,18H,9-10,17H2/t14-/m0/s1. The highest BCUT2D eigenvalue weighted by Crippen LogP contribution is 2.25. The number of ether oxygens (including phenoxy) is 1. The Balaban J connectivity index is 2.14. The lowest BCUT2D eigenvalue weighted by Crippen LogP contribution is -2.15. The molecular weight excluding hydrogens is 262 g/mol. The van der Waals surface area contributed by atoms with Gasteiger partial charge in [0.15, 0.2) is 0 Å². The molecule has 1 atom stereocenters. The van der Waals surface area contributed by atoms with E-state index >= 15 is 0 Å². The first-order valence-corrected chi connectivity index (χ1v) is 6.41. The minimum Gasteiger partial charge on any atom is -0.489 e. The SMILES string of the molecule is N[C@@H](CO)c1ccccc1OCc1ccccc1Cl. The van der Waals surface area contributed by atoms with E-state index in [-0.39, 0.29) is 6.61 Å². The van der Waals surface area contributed by atoms with Crippen LogP contribution in [-0.4, -0.2) is 11.7 Å². The van der Waals surface area contributed by atoms with Gasteiger partial charge >= 0.3 is 0 Å². The quantitative estimate of drug-likeness (QED) is 0.883. The number of benzene rings is 2. The van der Waals surface area contributed by atoms with Gasteiger partial charge in [0.2, 0.25) is 0 Å². The fourth-order valence-electron chi connectivity index (χ4n) is 1.79. The fourth-order valence-corrected chi connectivity index (χ4v) is 1.98. The first kappa shape index (κ1) is 13.9. The lowest BCUT2D eigenvalue weighted by molar-refractivity contribution is 0.257. The second kappa shape index (κ2) is 6.57. The van der Waals surface area contributed by atoms with Crippen LogP contribution in [0.4, 0.5) is 0 Å². The molecule has 0 bridgehead atoms. The summed E-state index contributed by atoms with van der Waals surface area (Å²) in [6.07, 6.45) is 0. The third-order valence-electron chi connectivity index (χ3n) is 2.86. The molecule has 2 aromatic rings. The second-order valence-corrected chi connectivity index (χ2v) is 4.61. The normalized spacial score (nSPS) is 12.2. The lowest BCUT2D eigenvalue weighted by atomic mass is 10.1. The molecule has 2 aromatic carbocycles. The van der Waals surface area contributed by atoms with Crippen LogP contribution in [0.25, 0.3) is 0 Å². The summed E-state index contributed by atoms with van der Waals surface area (Å²) in [5, 5.41) is 9.81. The van der Waals surface area contributed by atoms with Gasteiger partial charge in [-0.25, -0.2) is 0 Å². The Labute approximate surface area is 117 Å². The Bertz CT molecular complexity index is 545. The van der Waals surface area contributed by atoms with Crippen molar-refractivity contribution in [3.63, 3.8) is 0 Å². The molecule has 0 amide bonds. The molecule has 0 aliphatic carbocycles. The van der Waals surface area contributed by atoms with Crippen LogP contribution < -0.4 is 10.5 Å². The van der Waals surface area contributed by atoms with Crippen LogP contribution in [0.5, 0.6) is 5.75 Å². The van der Waals surface area contributed by atoms with Crippen molar-refractivity contribution >= 4 is 11.6 Å². The van der Waals surface area contributed by atoms with Crippen molar-refractivity contribution in [2.45, 2.75) is 12.6 Å². The van der Waals surface area contributed by atoms with Gasteiger partial charge in [0.25, 0.3) is 0 Å². The molecule has 0 saturated heterocycles. The number of rotatable bonds is 5. The molecule has 0 fully saturated rings. The molecule has 100 valence electrons. The van der Waals surface area contributed by atoms with Crippen LogP contribution in [0.1, 0.15) is 17.2 Å². The van der Waals surface area contributed by atoms with Gasteiger partial charge in [-0.15, -0.1) is 0 Å². The molecular formula is C15H16ClNO2. The van der Waals surface area contributed by atoms with Gasteiger partial charge in [-0.3, -0.25) is 0 Å². The summed E-state index contributed by atoms with van der Waals surface area (Å²) in [6, 6.07) is 14.5. The highest BCUT2D eigenvalue weighted by molar-refractivity contribution is 6.31. The molecule has 0 spiro atoms. The van der Waals surface area contributed by atoms with Crippen molar-refractivity contribution < 1.29 is 9.84 Å². The summed E-state index contributed by atoms with van der Waals surface area (Å²) < 4.78 is 5.75. The maximum Gasteiger partial charge on any atom is 0.124 e. The van der Waals surface area contributed by atoms with Gasteiger partial charge in [0.05, 0.1) is 12.6 Å².